The van der Waals surface area contributed by atoms with Gasteiger partial charge in [0.15, 0.2) is 0 Å². The maximum absolute atomic E-state index is 9.77. The highest BCUT2D eigenvalue weighted by Crippen LogP contribution is 2.18. The van der Waals surface area contributed by atoms with E-state index in [0.29, 0.717) is 6.04 Å². The van der Waals surface area contributed by atoms with E-state index in [2.05, 4.69) is 10.4 Å². The molecule has 1 aliphatic carbocycles. The van der Waals surface area contributed by atoms with Gasteiger partial charge in [-0.15, -0.1) is 0 Å². The third-order valence-corrected chi connectivity index (χ3v) is 3.26. The zero-order valence-electron chi connectivity index (χ0n) is 9.68. The van der Waals surface area contributed by atoms with Crippen LogP contribution in [0.1, 0.15) is 32.1 Å². The summed E-state index contributed by atoms with van der Waals surface area (Å²) in [6.07, 6.45) is 9.19. The maximum Gasteiger partial charge on any atom is 0.0693 e. The minimum atomic E-state index is -0.140. The Bertz CT molecular complexity index is 286. The second kappa shape index (κ2) is 6.01. The van der Waals surface area contributed by atoms with Crippen molar-refractivity contribution >= 4 is 0 Å². The van der Waals surface area contributed by atoms with Gasteiger partial charge in [-0.2, -0.15) is 5.10 Å². The van der Waals surface area contributed by atoms with Crippen LogP contribution in [0.4, 0.5) is 0 Å². The first-order valence-corrected chi connectivity index (χ1v) is 6.25. The van der Waals surface area contributed by atoms with Crippen LogP contribution in [0.25, 0.3) is 0 Å². The molecule has 4 heteroatoms. The third-order valence-electron chi connectivity index (χ3n) is 3.26. The Kier molecular flexibility index (Phi) is 4.36. The molecule has 0 radical (unpaired) electrons. The van der Waals surface area contributed by atoms with Gasteiger partial charge in [0.25, 0.3) is 0 Å². The fourth-order valence-electron chi connectivity index (χ4n) is 2.31. The zero-order valence-corrected chi connectivity index (χ0v) is 9.68. The largest absolute Gasteiger partial charge is 0.392 e. The van der Waals surface area contributed by atoms with E-state index in [1.54, 1.807) is 6.20 Å². The molecule has 0 aromatic carbocycles. The van der Waals surface area contributed by atoms with E-state index < -0.39 is 0 Å². The Morgan fingerprint density at radius 1 is 1.38 bits per heavy atom. The van der Waals surface area contributed by atoms with Crippen molar-refractivity contribution < 1.29 is 5.11 Å². The molecule has 0 spiro atoms. The smallest absolute Gasteiger partial charge is 0.0693 e. The van der Waals surface area contributed by atoms with Crippen LogP contribution in [-0.4, -0.2) is 33.6 Å². The molecule has 2 atom stereocenters. The van der Waals surface area contributed by atoms with E-state index in [-0.39, 0.29) is 6.10 Å². The average molecular weight is 223 g/mol. The minimum Gasteiger partial charge on any atom is -0.392 e. The van der Waals surface area contributed by atoms with Gasteiger partial charge in [0.1, 0.15) is 0 Å². The molecule has 0 amide bonds. The minimum absolute atomic E-state index is 0.140. The Labute approximate surface area is 96.7 Å². The molecule has 0 unspecified atom stereocenters. The number of nitrogens with one attached hydrogen (secondary N) is 1. The maximum atomic E-state index is 9.77. The number of nitrogens with zero attached hydrogens (tertiary/aromatic N) is 2. The molecule has 4 nitrogen and oxygen atoms in total. The topological polar surface area (TPSA) is 50.1 Å². The molecule has 1 saturated carbocycles. The van der Waals surface area contributed by atoms with Crippen LogP contribution in [0.3, 0.4) is 0 Å². The van der Waals surface area contributed by atoms with Gasteiger partial charge in [-0.25, -0.2) is 0 Å². The molecule has 0 aliphatic heterocycles. The fraction of sp³-hybridized carbons (Fsp3) is 0.750. The SMILES string of the molecule is O[C@@H]1CCCC[C@H]1NCCCn1cccn1. The van der Waals surface area contributed by atoms with Crippen LogP contribution < -0.4 is 5.32 Å². The Morgan fingerprint density at radius 3 is 3.00 bits per heavy atom. The second-order valence-corrected chi connectivity index (χ2v) is 4.54. The molecule has 1 heterocycles. The first-order chi connectivity index (χ1) is 7.86. The molecular formula is C12H21N3O. The molecular weight excluding hydrogens is 202 g/mol. The van der Waals surface area contributed by atoms with Crippen molar-refractivity contribution in [1.82, 2.24) is 15.1 Å². The van der Waals surface area contributed by atoms with Crippen LogP contribution >= 0.6 is 0 Å². The lowest BCUT2D eigenvalue weighted by molar-refractivity contribution is 0.0908. The molecule has 90 valence electrons. The van der Waals surface area contributed by atoms with E-state index in [1.165, 1.54) is 12.8 Å². The summed E-state index contributed by atoms with van der Waals surface area (Å²) in [5, 5.41) is 17.4. The number of aliphatic hydroxyl groups excluding tert-OH is 1. The van der Waals surface area contributed by atoms with Crippen LogP contribution in [0.5, 0.6) is 0 Å². The molecule has 1 fully saturated rings. The molecule has 1 aromatic rings. The lowest BCUT2D eigenvalue weighted by atomic mass is 9.92. The van der Waals surface area contributed by atoms with Gasteiger partial charge in [0, 0.05) is 25.0 Å². The Morgan fingerprint density at radius 2 is 2.25 bits per heavy atom. The zero-order chi connectivity index (χ0) is 11.2. The summed E-state index contributed by atoms with van der Waals surface area (Å²) in [6, 6.07) is 2.25. The van der Waals surface area contributed by atoms with E-state index in [0.717, 1.165) is 32.4 Å². The van der Waals surface area contributed by atoms with E-state index >= 15 is 0 Å². The number of aryl methyl sites for hydroxylation is 1. The standard InChI is InChI=1S/C12H21N3O/c16-12-6-2-1-5-11(12)13-7-3-9-15-10-4-8-14-15/h4,8,10-13,16H,1-3,5-7,9H2/t11-,12-/m1/s1. The van der Waals surface area contributed by atoms with Crippen LogP contribution in [-0.2, 0) is 6.54 Å². The molecule has 1 aliphatic rings. The Balaban J connectivity index is 1.60. The predicted octanol–water partition coefficient (Wildman–Crippen LogP) is 1.17. The van der Waals surface area contributed by atoms with Crippen LogP contribution in [0.15, 0.2) is 18.5 Å². The van der Waals surface area contributed by atoms with Gasteiger partial charge >= 0.3 is 0 Å². The van der Waals surface area contributed by atoms with Gasteiger partial charge in [-0.3, -0.25) is 4.68 Å². The van der Waals surface area contributed by atoms with E-state index in [1.807, 2.05) is 16.9 Å². The van der Waals surface area contributed by atoms with Crippen molar-refractivity contribution in [2.45, 2.75) is 50.8 Å². The lowest BCUT2D eigenvalue weighted by Crippen LogP contribution is -2.42. The first-order valence-electron chi connectivity index (χ1n) is 6.25. The van der Waals surface area contributed by atoms with Crippen molar-refractivity contribution in [3.8, 4) is 0 Å². The molecule has 2 N–H and O–H groups in total. The van der Waals surface area contributed by atoms with Crippen molar-refractivity contribution in [3.05, 3.63) is 18.5 Å². The number of aliphatic hydroxyl groups is 1. The normalized spacial score (nSPS) is 25.8. The van der Waals surface area contributed by atoms with E-state index in [9.17, 15) is 5.11 Å². The third kappa shape index (κ3) is 3.32. The molecule has 16 heavy (non-hydrogen) atoms. The highest BCUT2D eigenvalue weighted by Gasteiger charge is 2.21. The van der Waals surface area contributed by atoms with Crippen LogP contribution in [0, 0.1) is 0 Å². The van der Waals surface area contributed by atoms with Crippen molar-refractivity contribution in [2.24, 2.45) is 0 Å². The highest BCUT2D eigenvalue weighted by molar-refractivity contribution is 4.80. The summed E-state index contributed by atoms with van der Waals surface area (Å²) in [4.78, 5) is 0. The van der Waals surface area contributed by atoms with Crippen molar-refractivity contribution in [3.63, 3.8) is 0 Å². The summed E-state index contributed by atoms with van der Waals surface area (Å²) in [6.45, 7) is 1.91. The number of hydrogen-bond donors (Lipinski definition) is 2. The summed E-state index contributed by atoms with van der Waals surface area (Å²) >= 11 is 0. The molecule has 0 bridgehead atoms. The second-order valence-electron chi connectivity index (χ2n) is 4.54. The summed E-state index contributed by atoms with van der Waals surface area (Å²) in [7, 11) is 0. The number of hydrogen-bond acceptors (Lipinski definition) is 3. The summed E-state index contributed by atoms with van der Waals surface area (Å²) < 4.78 is 1.94. The molecule has 0 saturated heterocycles. The predicted molar refractivity (Wildman–Crippen MR) is 63.1 cm³/mol. The monoisotopic (exact) mass is 223 g/mol. The first kappa shape index (κ1) is 11.6. The summed E-state index contributed by atoms with van der Waals surface area (Å²) in [5.74, 6) is 0. The van der Waals surface area contributed by atoms with Gasteiger partial charge in [-0.1, -0.05) is 12.8 Å². The van der Waals surface area contributed by atoms with Gasteiger partial charge < -0.3 is 10.4 Å². The van der Waals surface area contributed by atoms with Gasteiger partial charge in [0.2, 0.25) is 0 Å². The van der Waals surface area contributed by atoms with Gasteiger partial charge in [0.05, 0.1) is 6.10 Å². The van der Waals surface area contributed by atoms with Gasteiger partial charge in [-0.05, 0) is 31.9 Å². The van der Waals surface area contributed by atoms with Crippen LogP contribution in [0.2, 0.25) is 0 Å². The number of rotatable bonds is 5. The Hall–Kier alpha value is -0.870. The molecule has 2 rings (SSSR count). The lowest BCUT2D eigenvalue weighted by Gasteiger charge is -2.28. The molecule has 1 aromatic heterocycles. The van der Waals surface area contributed by atoms with E-state index in [4.69, 9.17) is 0 Å². The average Bonchev–Trinajstić information content (AvgIpc) is 2.79. The van der Waals surface area contributed by atoms with Crippen molar-refractivity contribution in [2.75, 3.05) is 6.54 Å². The highest BCUT2D eigenvalue weighted by atomic mass is 16.3. The summed E-state index contributed by atoms with van der Waals surface area (Å²) in [5.41, 5.74) is 0. The van der Waals surface area contributed by atoms with Crippen molar-refractivity contribution in [1.29, 1.82) is 0 Å². The number of aromatic nitrogens is 2. The fourth-order valence-corrected chi connectivity index (χ4v) is 2.31. The quantitative estimate of drug-likeness (QED) is 0.737.